The predicted octanol–water partition coefficient (Wildman–Crippen LogP) is 0.518. The Hall–Kier alpha value is -2.21. The Morgan fingerprint density at radius 1 is 1.35 bits per heavy atom. The summed E-state index contributed by atoms with van der Waals surface area (Å²) in [6.45, 7) is 5.18. The number of aromatic nitrogens is 3. The van der Waals surface area contributed by atoms with E-state index < -0.39 is 0 Å². The molecule has 3 N–H and O–H groups in total. The second kappa shape index (κ2) is 6.29. The molecule has 6 nitrogen and oxygen atoms in total. The molecule has 0 unspecified atom stereocenters. The molecule has 1 aromatic heterocycles. The van der Waals surface area contributed by atoms with Gasteiger partial charge in [0, 0.05) is 0 Å². The molecule has 0 saturated heterocycles. The summed E-state index contributed by atoms with van der Waals surface area (Å²) >= 11 is 0. The molecule has 20 heavy (non-hydrogen) atoms. The number of amides is 1. The number of carbonyl (C=O) groups is 1. The van der Waals surface area contributed by atoms with E-state index in [9.17, 15) is 4.79 Å². The second-order valence-electron chi connectivity index (χ2n) is 4.81. The summed E-state index contributed by atoms with van der Waals surface area (Å²) < 4.78 is 1.76. The molecule has 1 heterocycles. The normalized spacial score (nSPS) is 10.6. The third-order valence-electron chi connectivity index (χ3n) is 3.15. The van der Waals surface area contributed by atoms with Crippen molar-refractivity contribution in [1.82, 2.24) is 20.3 Å². The molecule has 1 aromatic carbocycles. The Morgan fingerprint density at radius 2 is 2.15 bits per heavy atom. The zero-order valence-corrected chi connectivity index (χ0v) is 11.8. The fourth-order valence-electron chi connectivity index (χ4n) is 1.85. The molecule has 0 fully saturated rings. The van der Waals surface area contributed by atoms with Gasteiger partial charge >= 0.3 is 0 Å². The topological polar surface area (TPSA) is 85.8 Å². The molecular formula is C14H19N5O. The van der Waals surface area contributed by atoms with Crippen LogP contribution in [0.15, 0.2) is 24.4 Å². The summed E-state index contributed by atoms with van der Waals surface area (Å²) in [6.07, 6.45) is 1.83. The molecule has 0 spiro atoms. The number of nitrogens with zero attached hydrogens (tertiary/aromatic N) is 3. The number of nitrogens with one attached hydrogen (secondary N) is 1. The first kappa shape index (κ1) is 14.2. The second-order valence-corrected chi connectivity index (χ2v) is 4.81. The van der Waals surface area contributed by atoms with Gasteiger partial charge in [0.1, 0.15) is 5.69 Å². The molecule has 2 aromatic rings. The molecule has 0 aliphatic heterocycles. The van der Waals surface area contributed by atoms with Gasteiger partial charge in [0.05, 0.1) is 25.8 Å². The first-order valence-corrected chi connectivity index (χ1v) is 6.50. The van der Waals surface area contributed by atoms with Crippen LogP contribution in [0.5, 0.6) is 0 Å². The summed E-state index contributed by atoms with van der Waals surface area (Å²) in [5.74, 6) is -0.200. The van der Waals surface area contributed by atoms with Crippen LogP contribution < -0.4 is 11.1 Å². The lowest BCUT2D eigenvalue weighted by molar-refractivity contribution is -0.119. The summed E-state index contributed by atoms with van der Waals surface area (Å²) in [5.41, 5.74) is 9.65. The summed E-state index contributed by atoms with van der Waals surface area (Å²) in [5, 5.41) is 10.7. The fraction of sp³-hybridized carbons (Fsp3) is 0.357. The van der Waals surface area contributed by atoms with E-state index in [2.05, 4.69) is 47.7 Å². The van der Waals surface area contributed by atoms with Crippen molar-refractivity contribution in [1.29, 1.82) is 0 Å². The predicted molar refractivity (Wildman–Crippen MR) is 75.9 cm³/mol. The van der Waals surface area contributed by atoms with Crippen molar-refractivity contribution < 1.29 is 4.79 Å². The molecule has 2 rings (SSSR count). The Bertz CT molecular complexity index is 605. The monoisotopic (exact) mass is 273 g/mol. The van der Waals surface area contributed by atoms with E-state index in [0.29, 0.717) is 13.1 Å². The number of benzene rings is 1. The van der Waals surface area contributed by atoms with Gasteiger partial charge in [0.2, 0.25) is 5.91 Å². The zero-order chi connectivity index (χ0) is 14.5. The average molecular weight is 273 g/mol. The van der Waals surface area contributed by atoms with E-state index in [4.69, 9.17) is 5.73 Å². The van der Waals surface area contributed by atoms with Crippen LogP contribution in [-0.4, -0.2) is 27.4 Å². The minimum absolute atomic E-state index is 0.0171. The summed E-state index contributed by atoms with van der Waals surface area (Å²) in [6, 6.07) is 6.33. The Labute approximate surface area is 118 Å². The van der Waals surface area contributed by atoms with E-state index in [0.717, 1.165) is 5.69 Å². The van der Waals surface area contributed by atoms with Gasteiger partial charge in [-0.25, -0.2) is 4.68 Å². The number of hydrogen-bond acceptors (Lipinski definition) is 4. The van der Waals surface area contributed by atoms with Crippen molar-refractivity contribution in [3.8, 4) is 0 Å². The van der Waals surface area contributed by atoms with Crippen LogP contribution in [0.1, 0.15) is 22.4 Å². The lowest BCUT2D eigenvalue weighted by atomic mass is 10.1. The largest absolute Gasteiger partial charge is 0.349 e. The van der Waals surface area contributed by atoms with Crippen LogP contribution in [-0.2, 0) is 17.9 Å². The Morgan fingerprint density at radius 3 is 2.85 bits per heavy atom. The van der Waals surface area contributed by atoms with Crippen LogP contribution in [0.25, 0.3) is 0 Å². The van der Waals surface area contributed by atoms with E-state index in [1.165, 1.54) is 16.7 Å². The first-order valence-electron chi connectivity index (χ1n) is 6.50. The maximum Gasteiger partial charge on any atom is 0.234 e. The smallest absolute Gasteiger partial charge is 0.234 e. The van der Waals surface area contributed by atoms with Crippen molar-refractivity contribution in [2.45, 2.75) is 26.9 Å². The third kappa shape index (κ3) is 3.64. The fourth-order valence-corrected chi connectivity index (χ4v) is 1.85. The molecular weight excluding hydrogens is 254 g/mol. The highest BCUT2D eigenvalue weighted by molar-refractivity contribution is 5.77. The maximum absolute atomic E-state index is 11.1. The standard InChI is InChI=1S/C14H19N5O/c1-10-3-4-12(5-11(10)2)8-19-9-13(17-18-19)7-16-14(20)6-15/h3-5,9H,6-8,15H2,1-2H3,(H,16,20). The molecule has 106 valence electrons. The van der Waals surface area contributed by atoms with E-state index in [-0.39, 0.29) is 12.5 Å². The van der Waals surface area contributed by atoms with Gasteiger partial charge in [-0.05, 0) is 30.5 Å². The van der Waals surface area contributed by atoms with E-state index in [1.807, 2.05) is 6.20 Å². The maximum atomic E-state index is 11.1. The lowest BCUT2D eigenvalue weighted by Crippen LogP contribution is -2.29. The summed E-state index contributed by atoms with van der Waals surface area (Å²) in [7, 11) is 0. The molecule has 0 atom stereocenters. The highest BCUT2D eigenvalue weighted by Crippen LogP contribution is 2.10. The minimum atomic E-state index is -0.200. The van der Waals surface area contributed by atoms with Crippen LogP contribution in [0.3, 0.4) is 0 Å². The third-order valence-corrected chi connectivity index (χ3v) is 3.15. The van der Waals surface area contributed by atoms with Crippen LogP contribution in [0, 0.1) is 13.8 Å². The Kier molecular flexibility index (Phi) is 4.47. The van der Waals surface area contributed by atoms with Gasteiger partial charge in [-0.2, -0.15) is 0 Å². The van der Waals surface area contributed by atoms with Gasteiger partial charge in [-0.3, -0.25) is 4.79 Å². The quantitative estimate of drug-likeness (QED) is 0.831. The number of carbonyl (C=O) groups excluding carboxylic acids is 1. The van der Waals surface area contributed by atoms with E-state index in [1.54, 1.807) is 4.68 Å². The molecule has 1 amide bonds. The lowest BCUT2D eigenvalue weighted by Gasteiger charge is -2.04. The minimum Gasteiger partial charge on any atom is -0.349 e. The van der Waals surface area contributed by atoms with Crippen LogP contribution in [0.2, 0.25) is 0 Å². The van der Waals surface area contributed by atoms with Crippen molar-refractivity contribution in [3.63, 3.8) is 0 Å². The summed E-state index contributed by atoms with van der Waals surface area (Å²) in [4.78, 5) is 11.1. The van der Waals surface area contributed by atoms with Gasteiger partial charge in [0.25, 0.3) is 0 Å². The van der Waals surface area contributed by atoms with Gasteiger partial charge in [-0.1, -0.05) is 23.4 Å². The van der Waals surface area contributed by atoms with Crippen molar-refractivity contribution >= 4 is 5.91 Å². The number of rotatable bonds is 5. The van der Waals surface area contributed by atoms with Gasteiger partial charge in [-0.15, -0.1) is 5.10 Å². The number of aryl methyl sites for hydroxylation is 2. The molecule has 0 aliphatic rings. The zero-order valence-electron chi connectivity index (χ0n) is 11.8. The Balaban J connectivity index is 1.98. The van der Waals surface area contributed by atoms with Crippen LogP contribution in [0.4, 0.5) is 0 Å². The highest BCUT2D eigenvalue weighted by atomic mass is 16.1. The molecule has 0 saturated carbocycles. The molecule has 6 heteroatoms. The van der Waals surface area contributed by atoms with Crippen molar-refractivity contribution in [2.24, 2.45) is 5.73 Å². The average Bonchev–Trinajstić information content (AvgIpc) is 2.88. The molecule has 0 radical (unpaired) electrons. The van der Waals surface area contributed by atoms with Crippen molar-refractivity contribution in [2.75, 3.05) is 6.54 Å². The van der Waals surface area contributed by atoms with Gasteiger partial charge < -0.3 is 11.1 Å². The van der Waals surface area contributed by atoms with Crippen LogP contribution >= 0.6 is 0 Å². The number of hydrogen-bond donors (Lipinski definition) is 2. The van der Waals surface area contributed by atoms with E-state index >= 15 is 0 Å². The van der Waals surface area contributed by atoms with Crippen molar-refractivity contribution in [3.05, 3.63) is 46.8 Å². The number of nitrogens with two attached hydrogens (primary N) is 1. The molecule has 0 bridgehead atoms. The van der Waals surface area contributed by atoms with Gasteiger partial charge in [0.15, 0.2) is 0 Å². The first-order chi connectivity index (χ1) is 9.58. The molecule has 0 aliphatic carbocycles. The highest BCUT2D eigenvalue weighted by Gasteiger charge is 2.04. The SMILES string of the molecule is Cc1ccc(Cn2cc(CNC(=O)CN)nn2)cc1C.